The maximum atomic E-state index is 12.4. The van der Waals surface area contributed by atoms with Crippen LogP contribution in [0.4, 0.5) is 13.2 Å². The van der Waals surface area contributed by atoms with Crippen LogP contribution < -0.4 is 5.32 Å². The third kappa shape index (κ3) is 3.90. The molecule has 0 aliphatic carbocycles. The Bertz CT molecular complexity index is 222. The Morgan fingerprint density at radius 1 is 1.47 bits per heavy atom. The molecule has 0 aliphatic heterocycles. The summed E-state index contributed by atoms with van der Waals surface area (Å²) in [5.41, 5.74) is -2.86. The highest BCUT2D eigenvalue weighted by atomic mass is 32.2. The summed E-state index contributed by atoms with van der Waals surface area (Å²) in [6.07, 6.45) is -2.46. The number of carboxylic acids is 1. The third-order valence-electron chi connectivity index (χ3n) is 2.00. The highest BCUT2D eigenvalue weighted by Crippen LogP contribution is 2.30. The SMILES string of the molecule is CSCCCNC(C)(C(=O)O)C(F)(F)F. The number of nitrogens with one attached hydrogen (secondary N) is 1. The number of carbonyl (C=O) groups is 1. The molecule has 7 heteroatoms. The molecule has 0 radical (unpaired) electrons. The van der Waals surface area contributed by atoms with Crippen LogP contribution in [0.2, 0.25) is 0 Å². The van der Waals surface area contributed by atoms with Crippen LogP contribution in [0.3, 0.4) is 0 Å². The van der Waals surface area contributed by atoms with E-state index in [0.29, 0.717) is 19.1 Å². The molecule has 3 nitrogen and oxygen atoms in total. The van der Waals surface area contributed by atoms with Gasteiger partial charge in [0.25, 0.3) is 0 Å². The van der Waals surface area contributed by atoms with Gasteiger partial charge in [-0.05, 0) is 31.9 Å². The van der Waals surface area contributed by atoms with E-state index < -0.39 is 17.7 Å². The summed E-state index contributed by atoms with van der Waals surface area (Å²) in [5.74, 6) is -1.21. The van der Waals surface area contributed by atoms with Crippen molar-refractivity contribution in [1.82, 2.24) is 5.32 Å². The molecule has 0 aromatic rings. The van der Waals surface area contributed by atoms with Crippen LogP contribution >= 0.6 is 11.8 Å². The van der Waals surface area contributed by atoms with Gasteiger partial charge in [-0.2, -0.15) is 24.9 Å². The summed E-state index contributed by atoms with van der Waals surface area (Å²) in [6.45, 7) is 0.664. The number of hydrogen-bond acceptors (Lipinski definition) is 3. The Kier molecular flexibility index (Phi) is 5.44. The van der Waals surface area contributed by atoms with E-state index in [2.05, 4.69) is 0 Å². The lowest BCUT2D eigenvalue weighted by molar-refractivity contribution is -0.205. The first-order valence-electron chi connectivity index (χ1n) is 4.30. The molecule has 1 unspecified atom stereocenters. The zero-order valence-electron chi connectivity index (χ0n) is 8.52. The Morgan fingerprint density at radius 2 is 2.00 bits per heavy atom. The maximum Gasteiger partial charge on any atom is 0.417 e. The quantitative estimate of drug-likeness (QED) is 0.700. The van der Waals surface area contributed by atoms with Gasteiger partial charge in [-0.25, -0.2) is 4.79 Å². The minimum atomic E-state index is -4.79. The molecular formula is C8H14F3NO2S. The van der Waals surface area contributed by atoms with Crippen molar-refractivity contribution in [2.75, 3.05) is 18.6 Å². The van der Waals surface area contributed by atoms with Crippen LogP contribution in [-0.4, -0.2) is 41.3 Å². The smallest absolute Gasteiger partial charge is 0.417 e. The van der Waals surface area contributed by atoms with Crippen molar-refractivity contribution in [1.29, 1.82) is 0 Å². The first-order chi connectivity index (χ1) is 6.75. The Balaban J connectivity index is 4.35. The van der Waals surface area contributed by atoms with Crippen molar-refractivity contribution in [2.45, 2.75) is 25.1 Å². The van der Waals surface area contributed by atoms with E-state index in [1.165, 1.54) is 11.8 Å². The topological polar surface area (TPSA) is 49.3 Å². The number of aliphatic carboxylic acids is 1. The van der Waals surface area contributed by atoms with Crippen LogP contribution in [-0.2, 0) is 4.79 Å². The van der Waals surface area contributed by atoms with E-state index in [9.17, 15) is 18.0 Å². The first kappa shape index (κ1) is 14.6. The summed E-state index contributed by atoms with van der Waals surface area (Å²) in [7, 11) is 0. The molecule has 0 spiro atoms. The molecule has 0 heterocycles. The van der Waals surface area contributed by atoms with Crippen molar-refractivity contribution in [3.8, 4) is 0 Å². The lowest BCUT2D eigenvalue weighted by atomic mass is 10.0. The minimum absolute atomic E-state index is 0.0309. The number of rotatable bonds is 6. The zero-order chi connectivity index (χ0) is 12.1. The van der Waals surface area contributed by atoms with Gasteiger partial charge in [-0.3, -0.25) is 5.32 Å². The summed E-state index contributed by atoms with van der Waals surface area (Å²) < 4.78 is 37.2. The fraction of sp³-hybridized carbons (Fsp3) is 0.875. The lowest BCUT2D eigenvalue weighted by Crippen LogP contribution is -2.60. The van der Waals surface area contributed by atoms with E-state index in [4.69, 9.17) is 5.11 Å². The van der Waals surface area contributed by atoms with Gasteiger partial charge >= 0.3 is 12.1 Å². The van der Waals surface area contributed by atoms with Gasteiger partial charge in [-0.1, -0.05) is 0 Å². The standard InChI is InChI=1S/C8H14F3NO2S/c1-7(6(13)14,8(9,10)11)12-4-3-5-15-2/h12H,3-5H2,1-2H3,(H,13,14). The van der Waals surface area contributed by atoms with Crippen molar-refractivity contribution in [2.24, 2.45) is 0 Å². The van der Waals surface area contributed by atoms with Crippen LogP contribution in [0.25, 0.3) is 0 Å². The molecule has 0 rings (SSSR count). The lowest BCUT2D eigenvalue weighted by Gasteiger charge is -2.28. The zero-order valence-corrected chi connectivity index (χ0v) is 9.34. The number of alkyl halides is 3. The fourth-order valence-corrected chi connectivity index (χ4v) is 1.28. The van der Waals surface area contributed by atoms with Gasteiger partial charge in [0.2, 0.25) is 5.54 Å². The van der Waals surface area contributed by atoms with Gasteiger partial charge in [-0.15, -0.1) is 0 Å². The molecule has 0 fully saturated rings. The number of halogens is 3. The van der Waals surface area contributed by atoms with Crippen LogP contribution in [0, 0.1) is 0 Å². The molecular weight excluding hydrogens is 231 g/mol. The Morgan fingerprint density at radius 3 is 2.33 bits per heavy atom. The van der Waals surface area contributed by atoms with Crippen molar-refractivity contribution >= 4 is 17.7 Å². The van der Waals surface area contributed by atoms with E-state index in [1.807, 2.05) is 11.6 Å². The molecule has 90 valence electrons. The molecule has 0 amide bonds. The second-order valence-corrected chi connectivity index (χ2v) is 4.19. The normalized spacial score (nSPS) is 16.1. The van der Waals surface area contributed by atoms with Crippen molar-refractivity contribution in [3.05, 3.63) is 0 Å². The molecule has 15 heavy (non-hydrogen) atoms. The first-order valence-corrected chi connectivity index (χ1v) is 5.69. The monoisotopic (exact) mass is 245 g/mol. The number of hydrogen-bond donors (Lipinski definition) is 2. The maximum absolute atomic E-state index is 12.4. The molecule has 0 saturated carbocycles. The molecule has 1 atom stereocenters. The average molecular weight is 245 g/mol. The molecule has 0 aliphatic rings. The molecule has 0 aromatic heterocycles. The van der Waals surface area contributed by atoms with Gasteiger partial charge in [0.1, 0.15) is 0 Å². The third-order valence-corrected chi connectivity index (χ3v) is 2.70. The Labute approximate surface area is 90.4 Å². The van der Waals surface area contributed by atoms with Gasteiger partial charge in [0.05, 0.1) is 0 Å². The van der Waals surface area contributed by atoms with Gasteiger partial charge in [0, 0.05) is 0 Å². The minimum Gasteiger partial charge on any atom is -0.480 e. The van der Waals surface area contributed by atoms with E-state index in [-0.39, 0.29) is 6.54 Å². The Hall–Kier alpha value is -0.430. The number of thioether (sulfide) groups is 1. The predicted octanol–water partition coefficient (Wildman–Crippen LogP) is 1.73. The summed E-state index contributed by atoms with van der Waals surface area (Å²) in [6, 6.07) is 0. The molecule has 2 N–H and O–H groups in total. The van der Waals surface area contributed by atoms with Crippen molar-refractivity contribution in [3.63, 3.8) is 0 Å². The van der Waals surface area contributed by atoms with Gasteiger partial charge < -0.3 is 5.11 Å². The van der Waals surface area contributed by atoms with E-state index in [0.717, 1.165) is 0 Å². The predicted molar refractivity (Wildman–Crippen MR) is 53.1 cm³/mol. The molecule has 0 saturated heterocycles. The van der Waals surface area contributed by atoms with E-state index >= 15 is 0 Å². The average Bonchev–Trinajstić information content (AvgIpc) is 2.09. The second-order valence-electron chi connectivity index (χ2n) is 3.20. The van der Waals surface area contributed by atoms with Gasteiger partial charge in [0.15, 0.2) is 0 Å². The summed E-state index contributed by atoms with van der Waals surface area (Å²) in [4.78, 5) is 10.5. The second kappa shape index (κ2) is 5.60. The van der Waals surface area contributed by atoms with Crippen molar-refractivity contribution < 1.29 is 23.1 Å². The highest BCUT2D eigenvalue weighted by molar-refractivity contribution is 7.98. The summed E-state index contributed by atoms with van der Waals surface area (Å²) in [5, 5.41) is 10.6. The molecule has 0 bridgehead atoms. The molecule has 0 aromatic carbocycles. The largest absolute Gasteiger partial charge is 0.480 e. The van der Waals surface area contributed by atoms with Crippen LogP contribution in [0.5, 0.6) is 0 Å². The van der Waals surface area contributed by atoms with E-state index in [1.54, 1.807) is 0 Å². The number of carboxylic acid groups (broad SMARTS) is 1. The fourth-order valence-electron chi connectivity index (χ4n) is 0.852. The highest BCUT2D eigenvalue weighted by Gasteiger charge is 2.56. The van der Waals surface area contributed by atoms with Crippen LogP contribution in [0.1, 0.15) is 13.3 Å². The summed E-state index contributed by atoms with van der Waals surface area (Å²) >= 11 is 1.50. The van der Waals surface area contributed by atoms with Crippen LogP contribution in [0.15, 0.2) is 0 Å².